The standard InChI is InChI=1S/C13H17N3O2/c1-14-10-6-4-5-9-11(10)13(18)16(12(9)17)8-7-15(2)3/h4-6,14H,7-8H2,1-3H3. The average Bonchev–Trinajstić information content (AvgIpc) is 2.60. The van der Waals surface area contributed by atoms with Gasteiger partial charge in [0.1, 0.15) is 0 Å². The molecule has 1 aliphatic heterocycles. The minimum Gasteiger partial charge on any atom is -0.387 e. The maximum atomic E-state index is 12.2. The van der Waals surface area contributed by atoms with Crippen LogP contribution in [0.3, 0.4) is 0 Å². The van der Waals surface area contributed by atoms with Gasteiger partial charge in [0.15, 0.2) is 0 Å². The second-order valence-corrected chi connectivity index (χ2v) is 4.54. The number of rotatable bonds is 4. The average molecular weight is 247 g/mol. The van der Waals surface area contributed by atoms with Gasteiger partial charge in [-0.05, 0) is 26.2 Å². The number of hydrogen-bond donors (Lipinski definition) is 1. The molecular weight excluding hydrogens is 230 g/mol. The molecule has 96 valence electrons. The smallest absolute Gasteiger partial charge is 0.263 e. The van der Waals surface area contributed by atoms with Crippen molar-refractivity contribution in [2.75, 3.05) is 39.5 Å². The first-order valence-electron chi connectivity index (χ1n) is 5.88. The van der Waals surface area contributed by atoms with E-state index in [1.165, 1.54) is 4.90 Å². The summed E-state index contributed by atoms with van der Waals surface area (Å²) in [6, 6.07) is 5.29. The van der Waals surface area contributed by atoms with Crippen molar-refractivity contribution < 1.29 is 9.59 Å². The van der Waals surface area contributed by atoms with Gasteiger partial charge in [0, 0.05) is 25.8 Å². The Labute approximate surface area is 106 Å². The van der Waals surface area contributed by atoms with Crippen molar-refractivity contribution in [2.24, 2.45) is 0 Å². The van der Waals surface area contributed by atoms with Crippen LogP contribution in [0.1, 0.15) is 20.7 Å². The Bertz CT molecular complexity index is 497. The maximum absolute atomic E-state index is 12.2. The van der Waals surface area contributed by atoms with Crippen LogP contribution < -0.4 is 5.32 Å². The highest BCUT2D eigenvalue weighted by Crippen LogP contribution is 2.28. The van der Waals surface area contributed by atoms with Crippen molar-refractivity contribution in [3.63, 3.8) is 0 Å². The molecule has 1 aromatic rings. The van der Waals surface area contributed by atoms with Crippen molar-refractivity contribution in [1.82, 2.24) is 9.80 Å². The van der Waals surface area contributed by atoms with Gasteiger partial charge in [-0.3, -0.25) is 14.5 Å². The number of amides is 2. The molecule has 0 unspecified atom stereocenters. The zero-order chi connectivity index (χ0) is 13.3. The summed E-state index contributed by atoms with van der Waals surface area (Å²) >= 11 is 0. The lowest BCUT2D eigenvalue weighted by Gasteiger charge is -2.17. The number of anilines is 1. The summed E-state index contributed by atoms with van der Waals surface area (Å²) in [6.07, 6.45) is 0. The minimum absolute atomic E-state index is 0.200. The molecule has 2 rings (SSSR count). The second kappa shape index (κ2) is 4.78. The number of benzene rings is 1. The summed E-state index contributed by atoms with van der Waals surface area (Å²) in [6.45, 7) is 1.09. The number of fused-ring (bicyclic) bond motifs is 1. The van der Waals surface area contributed by atoms with Crippen LogP contribution in [-0.4, -0.2) is 55.8 Å². The van der Waals surface area contributed by atoms with Gasteiger partial charge in [0.2, 0.25) is 0 Å². The van der Waals surface area contributed by atoms with E-state index in [1.54, 1.807) is 25.2 Å². The van der Waals surface area contributed by atoms with Crippen LogP contribution in [0.25, 0.3) is 0 Å². The van der Waals surface area contributed by atoms with Crippen LogP contribution in [0.2, 0.25) is 0 Å². The molecule has 0 radical (unpaired) electrons. The fourth-order valence-electron chi connectivity index (χ4n) is 2.04. The van der Waals surface area contributed by atoms with Crippen LogP contribution in [0, 0.1) is 0 Å². The molecular formula is C13H17N3O2. The van der Waals surface area contributed by atoms with E-state index in [1.807, 2.05) is 19.0 Å². The molecule has 0 aliphatic carbocycles. The maximum Gasteiger partial charge on any atom is 0.263 e. The van der Waals surface area contributed by atoms with Gasteiger partial charge in [-0.2, -0.15) is 0 Å². The van der Waals surface area contributed by atoms with E-state index in [-0.39, 0.29) is 11.8 Å². The molecule has 0 saturated carbocycles. The number of nitrogens with zero attached hydrogens (tertiary/aromatic N) is 2. The Morgan fingerprint density at radius 2 is 1.94 bits per heavy atom. The summed E-state index contributed by atoms with van der Waals surface area (Å²) in [5, 5.41) is 2.95. The molecule has 1 heterocycles. The van der Waals surface area contributed by atoms with E-state index in [2.05, 4.69) is 5.32 Å². The quantitative estimate of drug-likeness (QED) is 0.803. The Hall–Kier alpha value is -1.88. The van der Waals surface area contributed by atoms with Crippen molar-refractivity contribution >= 4 is 17.5 Å². The lowest BCUT2D eigenvalue weighted by atomic mass is 10.1. The largest absolute Gasteiger partial charge is 0.387 e. The normalized spacial score (nSPS) is 14.3. The van der Waals surface area contributed by atoms with Crippen LogP contribution in [0.4, 0.5) is 5.69 Å². The topological polar surface area (TPSA) is 52.7 Å². The number of hydrogen-bond acceptors (Lipinski definition) is 4. The highest BCUT2D eigenvalue weighted by Gasteiger charge is 2.36. The van der Waals surface area contributed by atoms with Crippen molar-refractivity contribution in [2.45, 2.75) is 0 Å². The fourth-order valence-corrected chi connectivity index (χ4v) is 2.04. The highest BCUT2D eigenvalue weighted by molar-refractivity contribution is 6.23. The highest BCUT2D eigenvalue weighted by atomic mass is 16.2. The van der Waals surface area contributed by atoms with Gasteiger partial charge in [-0.15, -0.1) is 0 Å². The van der Waals surface area contributed by atoms with Crippen molar-refractivity contribution in [3.8, 4) is 0 Å². The third-order valence-electron chi connectivity index (χ3n) is 3.04. The zero-order valence-corrected chi connectivity index (χ0v) is 10.9. The molecule has 0 aromatic heterocycles. The first kappa shape index (κ1) is 12.6. The van der Waals surface area contributed by atoms with Crippen LogP contribution in [0.5, 0.6) is 0 Å². The van der Waals surface area contributed by atoms with E-state index in [9.17, 15) is 9.59 Å². The minimum atomic E-state index is -0.207. The SMILES string of the molecule is CNc1cccc2c1C(=O)N(CCN(C)C)C2=O. The van der Waals surface area contributed by atoms with Crippen LogP contribution in [-0.2, 0) is 0 Å². The predicted octanol–water partition coefficient (Wildman–Crippen LogP) is 0.886. The molecule has 1 N–H and O–H groups in total. The first-order chi connectivity index (χ1) is 8.56. The summed E-state index contributed by atoms with van der Waals surface area (Å²) in [5.41, 5.74) is 1.69. The van der Waals surface area contributed by atoms with E-state index in [0.29, 0.717) is 29.9 Å². The molecule has 0 bridgehead atoms. The fraction of sp³-hybridized carbons (Fsp3) is 0.385. The summed E-state index contributed by atoms with van der Waals surface area (Å²) < 4.78 is 0. The number of imide groups is 1. The summed E-state index contributed by atoms with van der Waals surface area (Å²) in [4.78, 5) is 27.7. The van der Waals surface area contributed by atoms with E-state index in [4.69, 9.17) is 0 Å². The molecule has 0 spiro atoms. The molecule has 0 saturated heterocycles. The molecule has 5 nitrogen and oxygen atoms in total. The number of likely N-dealkylation sites (N-methyl/N-ethyl adjacent to an activating group) is 1. The van der Waals surface area contributed by atoms with Crippen LogP contribution >= 0.6 is 0 Å². The van der Waals surface area contributed by atoms with Gasteiger partial charge in [0.25, 0.3) is 11.8 Å². The molecule has 1 aromatic carbocycles. The lowest BCUT2D eigenvalue weighted by molar-refractivity contribution is 0.0645. The molecule has 2 amide bonds. The molecule has 0 atom stereocenters. The van der Waals surface area contributed by atoms with E-state index in [0.717, 1.165) is 0 Å². The van der Waals surface area contributed by atoms with Gasteiger partial charge in [-0.25, -0.2) is 0 Å². The third-order valence-corrected chi connectivity index (χ3v) is 3.04. The molecule has 5 heteroatoms. The Kier molecular flexibility index (Phi) is 3.34. The van der Waals surface area contributed by atoms with Gasteiger partial charge < -0.3 is 10.2 Å². The van der Waals surface area contributed by atoms with Gasteiger partial charge in [-0.1, -0.05) is 6.07 Å². The summed E-state index contributed by atoms with van der Waals surface area (Å²) in [5.74, 6) is -0.407. The van der Waals surface area contributed by atoms with Gasteiger partial charge in [0.05, 0.1) is 11.1 Å². The van der Waals surface area contributed by atoms with E-state index >= 15 is 0 Å². The number of carbonyl (C=O) groups excluding carboxylic acids is 2. The third kappa shape index (κ3) is 1.97. The second-order valence-electron chi connectivity index (χ2n) is 4.54. The molecule has 1 aliphatic rings. The van der Waals surface area contributed by atoms with Crippen molar-refractivity contribution in [3.05, 3.63) is 29.3 Å². The monoisotopic (exact) mass is 247 g/mol. The number of carbonyl (C=O) groups is 2. The zero-order valence-electron chi connectivity index (χ0n) is 10.9. The molecule has 18 heavy (non-hydrogen) atoms. The number of nitrogens with one attached hydrogen (secondary N) is 1. The Balaban J connectivity index is 2.32. The lowest BCUT2D eigenvalue weighted by Crippen LogP contribution is -2.35. The van der Waals surface area contributed by atoms with E-state index < -0.39 is 0 Å². The molecule has 0 fully saturated rings. The predicted molar refractivity (Wildman–Crippen MR) is 69.9 cm³/mol. The van der Waals surface area contributed by atoms with Crippen molar-refractivity contribution in [1.29, 1.82) is 0 Å². The summed E-state index contributed by atoms with van der Waals surface area (Å²) in [7, 11) is 5.57. The Morgan fingerprint density at radius 3 is 2.56 bits per heavy atom. The first-order valence-corrected chi connectivity index (χ1v) is 5.88. The van der Waals surface area contributed by atoms with Crippen LogP contribution in [0.15, 0.2) is 18.2 Å². The Morgan fingerprint density at radius 1 is 1.22 bits per heavy atom. The van der Waals surface area contributed by atoms with Gasteiger partial charge >= 0.3 is 0 Å².